The van der Waals surface area contributed by atoms with Crippen LogP contribution in [-0.2, 0) is 4.74 Å². The van der Waals surface area contributed by atoms with Crippen molar-refractivity contribution in [1.29, 1.82) is 0 Å². The Morgan fingerprint density at radius 2 is 2.07 bits per heavy atom. The van der Waals surface area contributed by atoms with Gasteiger partial charge >= 0.3 is 0 Å². The van der Waals surface area contributed by atoms with E-state index in [1.54, 1.807) is 23.1 Å². The highest BCUT2D eigenvalue weighted by Crippen LogP contribution is 2.28. The van der Waals surface area contributed by atoms with Crippen molar-refractivity contribution in [1.82, 2.24) is 25.3 Å². The zero-order valence-electron chi connectivity index (χ0n) is 14.5. The van der Waals surface area contributed by atoms with Crippen LogP contribution < -0.4 is 5.32 Å². The van der Waals surface area contributed by atoms with Crippen molar-refractivity contribution in [2.75, 3.05) is 13.2 Å². The van der Waals surface area contributed by atoms with Gasteiger partial charge in [-0.15, -0.1) is 5.10 Å². The second-order valence-corrected chi connectivity index (χ2v) is 6.64. The Morgan fingerprint density at radius 1 is 1.26 bits per heavy atom. The Labute approximate surface area is 161 Å². The summed E-state index contributed by atoms with van der Waals surface area (Å²) in [6.45, 7) is 1.19. The molecule has 27 heavy (non-hydrogen) atoms. The number of para-hydroxylation sites is 1. The smallest absolute Gasteiger partial charge is 0.274 e. The van der Waals surface area contributed by atoms with Gasteiger partial charge in [-0.3, -0.25) is 9.78 Å². The molecule has 1 fully saturated rings. The minimum Gasteiger partial charge on any atom is -0.376 e. The van der Waals surface area contributed by atoms with Crippen LogP contribution in [0.4, 0.5) is 0 Å². The number of halogens is 1. The van der Waals surface area contributed by atoms with Gasteiger partial charge in [0.2, 0.25) is 0 Å². The number of amides is 1. The molecule has 0 aliphatic carbocycles. The van der Waals surface area contributed by atoms with Gasteiger partial charge in [-0.25, -0.2) is 4.68 Å². The zero-order valence-corrected chi connectivity index (χ0v) is 15.3. The quantitative estimate of drug-likeness (QED) is 0.732. The largest absolute Gasteiger partial charge is 0.376 e. The molecule has 2 aromatic heterocycles. The first-order valence-electron chi connectivity index (χ1n) is 8.75. The van der Waals surface area contributed by atoms with Crippen molar-refractivity contribution >= 4 is 17.5 Å². The molecule has 1 saturated heterocycles. The fourth-order valence-electron chi connectivity index (χ4n) is 3.09. The van der Waals surface area contributed by atoms with Crippen LogP contribution in [0.3, 0.4) is 0 Å². The van der Waals surface area contributed by atoms with Crippen molar-refractivity contribution in [3.8, 4) is 16.9 Å². The number of benzene rings is 1. The van der Waals surface area contributed by atoms with E-state index in [9.17, 15) is 4.79 Å². The summed E-state index contributed by atoms with van der Waals surface area (Å²) in [5, 5.41) is 11.8. The third kappa shape index (κ3) is 3.70. The highest BCUT2D eigenvalue weighted by atomic mass is 35.5. The van der Waals surface area contributed by atoms with E-state index >= 15 is 0 Å². The number of rotatable bonds is 5. The molecule has 0 spiro atoms. The Kier molecular flexibility index (Phi) is 5.13. The minimum atomic E-state index is -0.296. The van der Waals surface area contributed by atoms with Gasteiger partial charge < -0.3 is 10.1 Å². The van der Waals surface area contributed by atoms with Crippen LogP contribution in [0.15, 0.2) is 48.8 Å². The Bertz CT molecular complexity index is 938. The molecule has 1 aromatic carbocycles. The van der Waals surface area contributed by atoms with Crippen molar-refractivity contribution in [3.05, 3.63) is 59.5 Å². The summed E-state index contributed by atoms with van der Waals surface area (Å²) in [5.41, 5.74) is 2.23. The predicted molar refractivity (Wildman–Crippen MR) is 101 cm³/mol. The maximum absolute atomic E-state index is 12.8. The molecule has 0 radical (unpaired) electrons. The van der Waals surface area contributed by atoms with E-state index in [4.69, 9.17) is 16.3 Å². The summed E-state index contributed by atoms with van der Waals surface area (Å²) in [6, 6.07) is 10.9. The summed E-state index contributed by atoms with van der Waals surface area (Å²) >= 11 is 6.34. The summed E-state index contributed by atoms with van der Waals surface area (Å²) in [5.74, 6) is -0.296. The Morgan fingerprint density at radius 3 is 2.81 bits per heavy atom. The molecule has 1 aliphatic heterocycles. The molecule has 3 heterocycles. The summed E-state index contributed by atoms with van der Waals surface area (Å²) in [6.07, 6.45) is 5.34. The maximum Gasteiger partial charge on any atom is 0.274 e. The Balaban J connectivity index is 1.71. The molecule has 1 atom stereocenters. The van der Waals surface area contributed by atoms with E-state index in [2.05, 4.69) is 20.6 Å². The lowest BCUT2D eigenvalue weighted by molar-refractivity contribution is 0.0854. The van der Waals surface area contributed by atoms with E-state index in [1.165, 1.54) is 0 Å². The normalized spacial score (nSPS) is 16.4. The first-order valence-corrected chi connectivity index (χ1v) is 9.12. The molecule has 1 amide bonds. The molecule has 1 N–H and O–H groups in total. The molecule has 3 aromatic rings. The molecule has 0 bridgehead atoms. The third-order valence-corrected chi connectivity index (χ3v) is 4.75. The van der Waals surface area contributed by atoms with Gasteiger partial charge in [0.15, 0.2) is 5.69 Å². The standard InChI is InChI=1S/C19H18ClN5O2/c20-15-5-1-2-6-16(15)25-18(13-7-9-21-10-8-13)17(23-24-25)19(26)22-12-14-4-3-11-27-14/h1-2,5-10,14H,3-4,11-12H2,(H,22,26)/t14-/m1/s1. The van der Waals surface area contributed by atoms with Gasteiger partial charge in [-0.05, 0) is 37.1 Å². The van der Waals surface area contributed by atoms with Gasteiger partial charge in [0.25, 0.3) is 5.91 Å². The number of hydrogen-bond donors (Lipinski definition) is 1. The van der Waals surface area contributed by atoms with Crippen LogP contribution in [0.1, 0.15) is 23.3 Å². The summed E-state index contributed by atoms with van der Waals surface area (Å²) < 4.78 is 7.14. The third-order valence-electron chi connectivity index (χ3n) is 4.43. The van der Waals surface area contributed by atoms with Crippen LogP contribution in [0.25, 0.3) is 16.9 Å². The minimum absolute atomic E-state index is 0.0527. The van der Waals surface area contributed by atoms with Gasteiger partial charge in [-0.1, -0.05) is 28.9 Å². The average molecular weight is 384 g/mol. The second kappa shape index (κ2) is 7.85. The first kappa shape index (κ1) is 17.6. The van der Waals surface area contributed by atoms with Crippen LogP contribution in [-0.4, -0.2) is 45.1 Å². The number of carbonyl (C=O) groups is 1. The fraction of sp³-hybridized carbons (Fsp3) is 0.263. The number of ether oxygens (including phenoxy) is 1. The molecule has 0 saturated carbocycles. The van der Waals surface area contributed by atoms with Crippen LogP contribution >= 0.6 is 11.6 Å². The van der Waals surface area contributed by atoms with Gasteiger partial charge in [0.05, 0.1) is 16.8 Å². The van der Waals surface area contributed by atoms with Gasteiger partial charge in [0, 0.05) is 31.1 Å². The number of pyridine rings is 1. The van der Waals surface area contributed by atoms with E-state index in [0.29, 0.717) is 22.9 Å². The summed E-state index contributed by atoms with van der Waals surface area (Å²) in [7, 11) is 0. The van der Waals surface area contributed by atoms with Gasteiger partial charge in [0.1, 0.15) is 5.69 Å². The molecule has 8 heteroatoms. The van der Waals surface area contributed by atoms with Crippen molar-refractivity contribution < 1.29 is 9.53 Å². The molecular formula is C19H18ClN5O2. The van der Waals surface area contributed by atoms with Crippen molar-refractivity contribution in [2.24, 2.45) is 0 Å². The molecular weight excluding hydrogens is 366 g/mol. The lowest BCUT2D eigenvalue weighted by Gasteiger charge is -2.12. The number of carbonyl (C=O) groups excluding carboxylic acids is 1. The number of aromatic nitrogens is 4. The van der Waals surface area contributed by atoms with Crippen molar-refractivity contribution in [3.63, 3.8) is 0 Å². The maximum atomic E-state index is 12.8. The number of nitrogens with zero attached hydrogens (tertiary/aromatic N) is 4. The molecule has 1 aliphatic rings. The fourth-order valence-corrected chi connectivity index (χ4v) is 3.31. The molecule has 0 unspecified atom stereocenters. The van der Waals surface area contributed by atoms with E-state index in [-0.39, 0.29) is 17.7 Å². The van der Waals surface area contributed by atoms with Crippen molar-refractivity contribution in [2.45, 2.75) is 18.9 Å². The summed E-state index contributed by atoms with van der Waals surface area (Å²) in [4.78, 5) is 16.8. The monoisotopic (exact) mass is 383 g/mol. The lowest BCUT2D eigenvalue weighted by Crippen LogP contribution is -2.32. The average Bonchev–Trinajstić information content (AvgIpc) is 3.37. The topological polar surface area (TPSA) is 81.9 Å². The highest BCUT2D eigenvalue weighted by molar-refractivity contribution is 6.32. The molecule has 7 nitrogen and oxygen atoms in total. The van der Waals surface area contributed by atoms with E-state index in [0.717, 1.165) is 25.0 Å². The van der Waals surface area contributed by atoms with Gasteiger partial charge in [-0.2, -0.15) is 0 Å². The zero-order chi connectivity index (χ0) is 18.6. The van der Waals surface area contributed by atoms with E-state index < -0.39 is 0 Å². The SMILES string of the molecule is O=C(NC[C@H]1CCCO1)c1nnn(-c2ccccc2Cl)c1-c1ccncc1. The van der Waals surface area contributed by atoms with Crippen LogP contribution in [0.2, 0.25) is 5.02 Å². The number of hydrogen-bond acceptors (Lipinski definition) is 5. The highest BCUT2D eigenvalue weighted by Gasteiger charge is 2.24. The van der Waals surface area contributed by atoms with Crippen LogP contribution in [0.5, 0.6) is 0 Å². The lowest BCUT2D eigenvalue weighted by atomic mass is 10.1. The predicted octanol–water partition coefficient (Wildman–Crippen LogP) is 2.89. The molecule has 138 valence electrons. The second-order valence-electron chi connectivity index (χ2n) is 6.23. The first-order chi connectivity index (χ1) is 13.2. The van der Waals surface area contributed by atoms with Crippen LogP contribution in [0, 0.1) is 0 Å². The number of nitrogens with one attached hydrogen (secondary N) is 1. The van der Waals surface area contributed by atoms with E-state index in [1.807, 2.05) is 30.3 Å². The Hall–Kier alpha value is -2.77. The molecule has 4 rings (SSSR count).